The van der Waals surface area contributed by atoms with Gasteiger partial charge in [0.25, 0.3) is 5.91 Å². The summed E-state index contributed by atoms with van der Waals surface area (Å²) in [6.07, 6.45) is -4.45. The van der Waals surface area contributed by atoms with E-state index in [1.165, 1.54) is 17.5 Å². The average molecular weight is 347 g/mol. The molecule has 0 radical (unpaired) electrons. The Balaban J connectivity index is 1.91. The maximum Gasteiger partial charge on any atom is 0.416 e. The van der Waals surface area contributed by atoms with Crippen molar-refractivity contribution in [3.8, 4) is 0 Å². The fourth-order valence-corrected chi connectivity index (χ4v) is 1.98. The second-order valence-electron chi connectivity index (χ2n) is 3.90. The van der Waals surface area contributed by atoms with E-state index < -0.39 is 17.6 Å². The van der Waals surface area contributed by atoms with Gasteiger partial charge in [0.1, 0.15) is 0 Å². The standard InChI is InChI=1S/C11H8F3N5OS2/c12-11(13,14)6-2-1-3-7(4-6)15-10(21)18-17-9(20)8-5-22-19-16-8/h1-5H,(H,17,20)(H2,15,18,21). The van der Waals surface area contributed by atoms with Crippen molar-refractivity contribution in [3.63, 3.8) is 0 Å². The van der Waals surface area contributed by atoms with Crippen LogP contribution in [0.2, 0.25) is 0 Å². The second-order valence-corrected chi connectivity index (χ2v) is 4.92. The molecule has 2 aromatic rings. The van der Waals surface area contributed by atoms with Crippen LogP contribution in [-0.4, -0.2) is 20.6 Å². The molecule has 0 aliphatic heterocycles. The van der Waals surface area contributed by atoms with Crippen LogP contribution in [0.4, 0.5) is 18.9 Å². The summed E-state index contributed by atoms with van der Waals surface area (Å²) < 4.78 is 41.2. The van der Waals surface area contributed by atoms with Crippen LogP contribution in [0.15, 0.2) is 29.6 Å². The van der Waals surface area contributed by atoms with E-state index >= 15 is 0 Å². The van der Waals surface area contributed by atoms with Crippen molar-refractivity contribution < 1.29 is 18.0 Å². The molecule has 116 valence electrons. The molecular weight excluding hydrogens is 339 g/mol. The molecule has 0 unspecified atom stereocenters. The summed E-state index contributed by atoms with van der Waals surface area (Å²) in [4.78, 5) is 11.5. The number of thiocarbonyl (C=S) groups is 1. The number of carbonyl (C=O) groups is 1. The van der Waals surface area contributed by atoms with E-state index in [0.29, 0.717) is 0 Å². The van der Waals surface area contributed by atoms with Gasteiger partial charge in [0, 0.05) is 11.1 Å². The highest BCUT2D eigenvalue weighted by Crippen LogP contribution is 2.30. The Bertz CT molecular complexity index is 675. The third-order valence-electron chi connectivity index (χ3n) is 2.33. The van der Waals surface area contributed by atoms with Crippen LogP contribution in [0.1, 0.15) is 16.1 Å². The van der Waals surface area contributed by atoms with Crippen molar-refractivity contribution in [2.45, 2.75) is 6.18 Å². The predicted octanol–water partition coefficient (Wildman–Crippen LogP) is 2.19. The summed E-state index contributed by atoms with van der Waals surface area (Å²) >= 11 is 5.87. The number of hydrogen-bond donors (Lipinski definition) is 3. The van der Waals surface area contributed by atoms with E-state index in [1.54, 1.807) is 0 Å². The quantitative estimate of drug-likeness (QED) is 0.571. The van der Waals surface area contributed by atoms with Gasteiger partial charge in [-0.15, -0.1) is 5.10 Å². The van der Waals surface area contributed by atoms with E-state index in [2.05, 4.69) is 25.8 Å². The van der Waals surface area contributed by atoms with Crippen molar-refractivity contribution in [1.29, 1.82) is 0 Å². The molecule has 3 N–H and O–H groups in total. The summed E-state index contributed by atoms with van der Waals surface area (Å²) in [6, 6.07) is 4.50. The molecule has 1 heterocycles. The second kappa shape index (κ2) is 6.66. The third kappa shape index (κ3) is 4.36. The molecule has 1 aromatic heterocycles. The Morgan fingerprint density at radius 3 is 2.68 bits per heavy atom. The van der Waals surface area contributed by atoms with E-state index in [9.17, 15) is 18.0 Å². The minimum atomic E-state index is -4.45. The average Bonchev–Trinajstić information content (AvgIpc) is 2.98. The first-order chi connectivity index (χ1) is 10.4. The zero-order chi connectivity index (χ0) is 16.2. The lowest BCUT2D eigenvalue weighted by Crippen LogP contribution is -2.43. The van der Waals surface area contributed by atoms with Crippen molar-refractivity contribution in [1.82, 2.24) is 20.4 Å². The van der Waals surface area contributed by atoms with Gasteiger partial charge in [-0.3, -0.25) is 15.6 Å². The highest BCUT2D eigenvalue weighted by atomic mass is 32.1. The van der Waals surface area contributed by atoms with Crippen LogP contribution in [0, 0.1) is 0 Å². The molecule has 1 amide bonds. The number of hydrazine groups is 1. The Labute approximate surface area is 131 Å². The fourth-order valence-electron chi connectivity index (χ4n) is 1.38. The Kier molecular flexibility index (Phi) is 4.88. The monoisotopic (exact) mass is 347 g/mol. The Morgan fingerprint density at radius 2 is 2.05 bits per heavy atom. The summed E-state index contributed by atoms with van der Waals surface area (Å²) in [5.74, 6) is -0.568. The summed E-state index contributed by atoms with van der Waals surface area (Å²) in [5.41, 5.74) is 4.02. The van der Waals surface area contributed by atoms with Crippen molar-refractivity contribution in [2.75, 3.05) is 5.32 Å². The molecule has 1 aromatic carbocycles. The zero-order valence-electron chi connectivity index (χ0n) is 10.6. The molecular formula is C11H8F3N5OS2. The lowest BCUT2D eigenvalue weighted by Gasteiger charge is -2.12. The van der Waals surface area contributed by atoms with Gasteiger partial charge in [-0.05, 0) is 41.9 Å². The minimum absolute atomic E-state index is 0.0733. The molecule has 11 heteroatoms. The molecule has 0 fully saturated rings. The smallest absolute Gasteiger partial charge is 0.331 e. The van der Waals surface area contributed by atoms with Crippen LogP contribution < -0.4 is 16.2 Å². The molecule has 0 aliphatic rings. The van der Waals surface area contributed by atoms with E-state index in [1.807, 2.05) is 0 Å². The molecule has 0 spiro atoms. The number of hydrogen-bond acceptors (Lipinski definition) is 5. The van der Waals surface area contributed by atoms with Gasteiger partial charge in [-0.1, -0.05) is 10.6 Å². The number of anilines is 1. The van der Waals surface area contributed by atoms with Crippen LogP contribution in [0.3, 0.4) is 0 Å². The van der Waals surface area contributed by atoms with E-state index in [-0.39, 0.29) is 16.5 Å². The molecule has 0 saturated heterocycles. The van der Waals surface area contributed by atoms with Gasteiger partial charge in [-0.25, -0.2) is 0 Å². The number of aromatic nitrogens is 2. The molecule has 0 bridgehead atoms. The SMILES string of the molecule is O=C(NNC(=S)Nc1cccc(C(F)(F)F)c1)c1csnn1. The minimum Gasteiger partial charge on any atom is -0.331 e. The largest absolute Gasteiger partial charge is 0.416 e. The molecule has 22 heavy (non-hydrogen) atoms. The number of benzene rings is 1. The van der Waals surface area contributed by atoms with Gasteiger partial charge in [0.15, 0.2) is 10.8 Å². The van der Waals surface area contributed by atoms with E-state index in [0.717, 1.165) is 23.7 Å². The number of carbonyl (C=O) groups excluding carboxylic acids is 1. The summed E-state index contributed by atoms with van der Waals surface area (Å²) in [5, 5.41) is 7.43. The van der Waals surface area contributed by atoms with Gasteiger partial charge in [-0.2, -0.15) is 13.2 Å². The fraction of sp³-hybridized carbons (Fsp3) is 0.0909. The number of amides is 1. The normalized spacial score (nSPS) is 10.9. The van der Waals surface area contributed by atoms with Crippen LogP contribution in [0.5, 0.6) is 0 Å². The molecule has 0 saturated carbocycles. The van der Waals surface area contributed by atoms with Crippen LogP contribution >= 0.6 is 23.8 Å². The van der Waals surface area contributed by atoms with Crippen LogP contribution in [0.25, 0.3) is 0 Å². The molecule has 2 rings (SSSR count). The zero-order valence-corrected chi connectivity index (χ0v) is 12.3. The van der Waals surface area contributed by atoms with Gasteiger partial charge in [0.2, 0.25) is 0 Å². The maximum absolute atomic E-state index is 12.6. The lowest BCUT2D eigenvalue weighted by molar-refractivity contribution is -0.137. The van der Waals surface area contributed by atoms with Gasteiger partial charge < -0.3 is 5.32 Å². The first kappa shape index (κ1) is 16.1. The van der Waals surface area contributed by atoms with Crippen molar-refractivity contribution in [2.24, 2.45) is 0 Å². The van der Waals surface area contributed by atoms with Crippen molar-refractivity contribution in [3.05, 3.63) is 40.9 Å². The first-order valence-corrected chi connectivity index (χ1v) is 6.92. The lowest BCUT2D eigenvalue weighted by atomic mass is 10.2. The number of alkyl halides is 3. The van der Waals surface area contributed by atoms with E-state index in [4.69, 9.17) is 12.2 Å². The first-order valence-electron chi connectivity index (χ1n) is 5.68. The highest BCUT2D eigenvalue weighted by Gasteiger charge is 2.30. The maximum atomic E-state index is 12.6. The summed E-state index contributed by atoms with van der Waals surface area (Å²) in [7, 11) is 0. The Hall–Kier alpha value is -2.27. The third-order valence-corrected chi connectivity index (χ3v) is 3.04. The molecule has 6 nitrogen and oxygen atoms in total. The molecule has 0 atom stereocenters. The number of nitrogens with one attached hydrogen (secondary N) is 3. The predicted molar refractivity (Wildman–Crippen MR) is 78.2 cm³/mol. The number of rotatable bonds is 2. The number of halogens is 3. The molecule has 0 aliphatic carbocycles. The van der Waals surface area contributed by atoms with Crippen LogP contribution in [-0.2, 0) is 6.18 Å². The number of nitrogens with zero attached hydrogens (tertiary/aromatic N) is 2. The highest BCUT2D eigenvalue weighted by molar-refractivity contribution is 7.80. The van der Waals surface area contributed by atoms with Gasteiger partial charge >= 0.3 is 6.18 Å². The van der Waals surface area contributed by atoms with Crippen molar-refractivity contribution >= 4 is 40.5 Å². The summed E-state index contributed by atoms with van der Waals surface area (Å²) in [6.45, 7) is 0. The van der Waals surface area contributed by atoms with Gasteiger partial charge in [0.05, 0.1) is 5.56 Å². The Morgan fingerprint density at radius 1 is 1.27 bits per heavy atom. The topological polar surface area (TPSA) is 78.9 Å².